The van der Waals surface area contributed by atoms with Crippen LogP contribution in [-0.4, -0.2) is 16.7 Å². The van der Waals surface area contributed by atoms with Crippen LogP contribution >= 0.6 is 0 Å². The number of allylic oxidation sites excluding steroid dienone is 2. The number of hydrogen-bond acceptors (Lipinski definition) is 1. The Balaban J connectivity index is 2.09. The zero-order valence-corrected chi connectivity index (χ0v) is 10.9. The molecule has 2 rings (SSSR count). The van der Waals surface area contributed by atoms with Gasteiger partial charge in [-0.3, -0.25) is 0 Å². The molecule has 1 aliphatic carbocycles. The SMILES string of the molecule is O=C(O)c1ccc(CC2(F)/C=C\CCCCC2)cc1. The van der Waals surface area contributed by atoms with E-state index in [4.69, 9.17) is 5.11 Å². The molecule has 102 valence electrons. The van der Waals surface area contributed by atoms with Crippen molar-refractivity contribution in [1.29, 1.82) is 0 Å². The van der Waals surface area contributed by atoms with Crippen molar-refractivity contribution >= 4 is 5.97 Å². The summed E-state index contributed by atoms with van der Waals surface area (Å²) in [5.41, 5.74) is -0.201. The predicted molar refractivity (Wildman–Crippen MR) is 73.2 cm³/mol. The molecule has 0 saturated heterocycles. The third-order valence-electron chi connectivity index (χ3n) is 3.58. The van der Waals surface area contributed by atoms with E-state index in [1.807, 2.05) is 6.08 Å². The molecule has 0 amide bonds. The molecule has 0 radical (unpaired) electrons. The number of halogens is 1. The molecule has 0 saturated carbocycles. The van der Waals surface area contributed by atoms with Crippen molar-refractivity contribution in [3.8, 4) is 0 Å². The lowest BCUT2D eigenvalue weighted by Crippen LogP contribution is -2.24. The molecule has 2 nitrogen and oxygen atoms in total. The summed E-state index contributed by atoms with van der Waals surface area (Å²) in [6.07, 6.45) is 8.57. The Morgan fingerprint density at radius 3 is 2.63 bits per heavy atom. The largest absolute Gasteiger partial charge is 0.478 e. The van der Waals surface area contributed by atoms with E-state index < -0.39 is 11.6 Å². The minimum absolute atomic E-state index is 0.241. The first-order valence-corrected chi connectivity index (χ1v) is 6.78. The molecule has 0 bridgehead atoms. The molecule has 0 fully saturated rings. The summed E-state index contributed by atoms with van der Waals surface area (Å²) in [4.78, 5) is 10.8. The zero-order chi connectivity index (χ0) is 13.7. The minimum atomic E-state index is -1.29. The van der Waals surface area contributed by atoms with Gasteiger partial charge in [-0.2, -0.15) is 0 Å². The third-order valence-corrected chi connectivity index (χ3v) is 3.58. The summed E-state index contributed by atoms with van der Waals surface area (Å²) in [5, 5.41) is 8.83. The quantitative estimate of drug-likeness (QED) is 0.831. The van der Waals surface area contributed by atoms with Gasteiger partial charge in [0.1, 0.15) is 5.67 Å². The maximum Gasteiger partial charge on any atom is 0.335 e. The molecular formula is C16H19FO2. The second-order valence-corrected chi connectivity index (χ2v) is 5.22. The van der Waals surface area contributed by atoms with Crippen molar-refractivity contribution < 1.29 is 14.3 Å². The van der Waals surface area contributed by atoms with E-state index in [0.717, 1.165) is 31.2 Å². The molecule has 0 aromatic heterocycles. The molecule has 1 unspecified atom stereocenters. The van der Waals surface area contributed by atoms with E-state index in [-0.39, 0.29) is 5.56 Å². The molecule has 1 aromatic rings. The van der Waals surface area contributed by atoms with Gasteiger partial charge in [0, 0.05) is 6.42 Å². The van der Waals surface area contributed by atoms with Crippen molar-refractivity contribution in [2.45, 2.75) is 44.2 Å². The Labute approximate surface area is 113 Å². The first-order chi connectivity index (χ1) is 9.09. The lowest BCUT2D eigenvalue weighted by Gasteiger charge is -2.23. The number of hydrogen-bond donors (Lipinski definition) is 1. The van der Waals surface area contributed by atoms with Crippen LogP contribution in [0, 0.1) is 0 Å². The van der Waals surface area contributed by atoms with Crippen molar-refractivity contribution in [3.63, 3.8) is 0 Å². The second-order valence-electron chi connectivity index (χ2n) is 5.22. The van der Waals surface area contributed by atoms with Crippen LogP contribution in [0.3, 0.4) is 0 Å². The minimum Gasteiger partial charge on any atom is -0.478 e. The number of alkyl halides is 1. The molecular weight excluding hydrogens is 243 g/mol. The number of carbonyl (C=O) groups is 1. The fourth-order valence-electron chi connectivity index (χ4n) is 2.49. The topological polar surface area (TPSA) is 37.3 Å². The molecule has 0 heterocycles. The van der Waals surface area contributed by atoms with Gasteiger partial charge >= 0.3 is 5.97 Å². The van der Waals surface area contributed by atoms with Crippen LogP contribution in [-0.2, 0) is 6.42 Å². The van der Waals surface area contributed by atoms with Gasteiger partial charge in [0.25, 0.3) is 0 Å². The van der Waals surface area contributed by atoms with Crippen LogP contribution in [0.2, 0.25) is 0 Å². The highest BCUT2D eigenvalue weighted by Crippen LogP contribution is 2.29. The highest BCUT2D eigenvalue weighted by Gasteiger charge is 2.26. The highest BCUT2D eigenvalue weighted by molar-refractivity contribution is 5.87. The number of carboxylic acid groups (broad SMARTS) is 1. The number of rotatable bonds is 3. The number of carboxylic acids is 1. The lowest BCUT2D eigenvalue weighted by atomic mass is 9.88. The van der Waals surface area contributed by atoms with E-state index in [2.05, 4.69) is 0 Å². The Morgan fingerprint density at radius 1 is 1.21 bits per heavy atom. The monoisotopic (exact) mass is 262 g/mol. The lowest BCUT2D eigenvalue weighted by molar-refractivity contribution is 0.0697. The fourth-order valence-corrected chi connectivity index (χ4v) is 2.49. The number of aromatic carboxylic acids is 1. The van der Waals surface area contributed by atoms with E-state index in [0.29, 0.717) is 12.8 Å². The van der Waals surface area contributed by atoms with Gasteiger partial charge in [-0.1, -0.05) is 30.7 Å². The van der Waals surface area contributed by atoms with E-state index in [9.17, 15) is 9.18 Å². The second kappa shape index (κ2) is 6.00. The van der Waals surface area contributed by atoms with Crippen molar-refractivity contribution in [1.82, 2.24) is 0 Å². The Morgan fingerprint density at radius 2 is 1.95 bits per heavy atom. The van der Waals surface area contributed by atoms with Gasteiger partial charge in [0.15, 0.2) is 0 Å². The first-order valence-electron chi connectivity index (χ1n) is 6.78. The van der Waals surface area contributed by atoms with Gasteiger partial charge in [-0.25, -0.2) is 9.18 Å². The van der Waals surface area contributed by atoms with E-state index >= 15 is 0 Å². The Bertz CT molecular complexity index is 464. The summed E-state index contributed by atoms with van der Waals surface area (Å²) >= 11 is 0. The molecule has 1 aliphatic rings. The Kier molecular flexibility index (Phi) is 4.35. The molecule has 3 heteroatoms. The molecule has 0 aliphatic heterocycles. The summed E-state index contributed by atoms with van der Waals surface area (Å²) in [7, 11) is 0. The molecule has 19 heavy (non-hydrogen) atoms. The van der Waals surface area contributed by atoms with Crippen molar-refractivity contribution in [3.05, 3.63) is 47.5 Å². The summed E-state index contributed by atoms with van der Waals surface area (Å²) in [5.74, 6) is -0.952. The van der Waals surface area contributed by atoms with Gasteiger partial charge in [-0.05, 0) is 43.4 Å². The normalized spacial score (nSPS) is 25.3. The van der Waals surface area contributed by atoms with Crippen molar-refractivity contribution in [2.75, 3.05) is 0 Å². The third kappa shape index (κ3) is 3.91. The average Bonchev–Trinajstić information content (AvgIpc) is 2.35. The molecule has 1 aromatic carbocycles. The van der Waals surface area contributed by atoms with Crippen LogP contribution in [0.25, 0.3) is 0 Å². The summed E-state index contributed by atoms with van der Waals surface area (Å²) < 4.78 is 14.8. The van der Waals surface area contributed by atoms with Crippen LogP contribution in [0.15, 0.2) is 36.4 Å². The smallest absolute Gasteiger partial charge is 0.335 e. The van der Waals surface area contributed by atoms with Gasteiger partial charge < -0.3 is 5.11 Å². The highest BCUT2D eigenvalue weighted by atomic mass is 19.1. The maximum atomic E-state index is 14.8. The van der Waals surface area contributed by atoms with Crippen LogP contribution < -0.4 is 0 Å². The standard InChI is InChI=1S/C16H19FO2/c17-16(10-4-2-1-3-5-11-16)12-13-6-8-14(9-7-13)15(18)19/h4,6-10H,1-3,5,11-12H2,(H,18,19)/b10-4-. The van der Waals surface area contributed by atoms with E-state index in [1.54, 1.807) is 18.2 Å². The van der Waals surface area contributed by atoms with Crippen LogP contribution in [0.1, 0.15) is 48.0 Å². The van der Waals surface area contributed by atoms with Gasteiger partial charge in [-0.15, -0.1) is 0 Å². The van der Waals surface area contributed by atoms with E-state index in [1.165, 1.54) is 12.1 Å². The fraction of sp³-hybridized carbons (Fsp3) is 0.438. The summed E-state index contributed by atoms with van der Waals surface area (Å²) in [6, 6.07) is 6.48. The first kappa shape index (κ1) is 13.8. The summed E-state index contributed by atoms with van der Waals surface area (Å²) in [6.45, 7) is 0. The van der Waals surface area contributed by atoms with Gasteiger partial charge in [0.05, 0.1) is 5.56 Å². The molecule has 0 spiro atoms. The number of benzene rings is 1. The predicted octanol–water partition coefficient (Wildman–Crippen LogP) is 4.16. The average molecular weight is 262 g/mol. The van der Waals surface area contributed by atoms with Gasteiger partial charge in [0.2, 0.25) is 0 Å². The van der Waals surface area contributed by atoms with Crippen LogP contribution in [0.5, 0.6) is 0 Å². The van der Waals surface area contributed by atoms with Crippen molar-refractivity contribution in [2.24, 2.45) is 0 Å². The Hall–Kier alpha value is -1.64. The zero-order valence-electron chi connectivity index (χ0n) is 10.9. The van der Waals surface area contributed by atoms with Crippen LogP contribution in [0.4, 0.5) is 4.39 Å². The maximum absolute atomic E-state index is 14.8. The molecule has 1 atom stereocenters. The molecule has 1 N–H and O–H groups in total.